The summed E-state index contributed by atoms with van der Waals surface area (Å²) in [5.74, 6) is 0.293. The van der Waals surface area contributed by atoms with E-state index in [1.807, 2.05) is 0 Å². The van der Waals surface area contributed by atoms with E-state index in [1.54, 1.807) is 7.11 Å². The van der Waals surface area contributed by atoms with Crippen molar-refractivity contribution < 1.29 is 29.6 Å². The molecule has 9 atom stereocenters. The molecule has 0 aromatic rings. The Morgan fingerprint density at radius 1 is 1.11 bits per heavy atom. The number of carbonyl (C=O) groups excluding carboxylic acids is 1. The number of fused-ring (bicyclic) bond motifs is 1. The molecule has 6 nitrogen and oxygen atoms in total. The Labute approximate surface area is 166 Å². The van der Waals surface area contributed by atoms with Crippen molar-refractivity contribution in [2.75, 3.05) is 13.7 Å². The molecule has 5 aliphatic rings. The van der Waals surface area contributed by atoms with Crippen LogP contribution in [-0.4, -0.2) is 58.4 Å². The minimum absolute atomic E-state index is 0.0380. The molecular formula is C22H34O6. The van der Waals surface area contributed by atoms with E-state index in [9.17, 15) is 20.1 Å². The third-order valence-electron chi connectivity index (χ3n) is 9.88. The molecule has 0 aromatic heterocycles. The highest BCUT2D eigenvalue weighted by atomic mass is 16.7. The number of ketones is 1. The molecule has 1 saturated heterocycles. The van der Waals surface area contributed by atoms with Crippen LogP contribution in [0.3, 0.4) is 0 Å². The lowest BCUT2D eigenvalue weighted by Crippen LogP contribution is -2.67. The fourth-order valence-corrected chi connectivity index (χ4v) is 8.85. The van der Waals surface area contributed by atoms with Gasteiger partial charge in [-0.2, -0.15) is 0 Å². The van der Waals surface area contributed by atoms with Gasteiger partial charge in [-0.3, -0.25) is 4.79 Å². The third-order valence-corrected chi connectivity index (χ3v) is 9.88. The quantitative estimate of drug-likeness (QED) is 0.675. The predicted molar refractivity (Wildman–Crippen MR) is 100 cm³/mol. The Hall–Kier alpha value is -0.530. The molecular weight excluding hydrogens is 360 g/mol. The molecule has 3 N–H and O–H groups in total. The Morgan fingerprint density at radius 3 is 2.61 bits per heavy atom. The van der Waals surface area contributed by atoms with E-state index in [2.05, 4.69) is 6.92 Å². The summed E-state index contributed by atoms with van der Waals surface area (Å²) in [4.78, 5) is 12.5. The van der Waals surface area contributed by atoms with Crippen LogP contribution in [0, 0.1) is 28.6 Å². The van der Waals surface area contributed by atoms with Gasteiger partial charge >= 0.3 is 0 Å². The van der Waals surface area contributed by atoms with E-state index in [-0.39, 0.29) is 41.2 Å². The maximum absolute atomic E-state index is 12.5. The van der Waals surface area contributed by atoms with Crippen molar-refractivity contribution in [2.24, 2.45) is 28.6 Å². The zero-order chi connectivity index (χ0) is 19.9. The van der Waals surface area contributed by atoms with E-state index >= 15 is 0 Å². The smallest absolute Gasteiger partial charge is 0.166 e. The first-order chi connectivity index (χ1) is 13.3. The van der Waals surface area contributed by atoms with E-state index in [0.717, 1.165) is 38.5 Å². The number of hydrogen-bond acceptors (Lipinski definition) is 6. The first-order valence-electron chi connectivity index (χ1n) is 11.0. The number of hydrogen-bond donors (Lipinski definition) is 3. The monoisotopic (exact) mass is 394 g/mol. The van der Waals surface area contributed by atoms with Crippen LogP contribution in [0.25, 0.3) is 0 Å². The third kappa shape index (κ3) is 2.04. The number of Topliss-reactive ketones (excluding diaryl/α,β-unsaturated/α-hetero) is 1. The average molecular weight is 395 g/mol. The van der Waals surface area contributed by atoms with Gasteiger partial charge in [-0.1, -0.05) is 6.92 Å². The fraction of sp³-hybridized carbons (Fsp3) is 0.955. The highest BCUT2D eigenvalue weighted by molar-refractivity contribution is 5.83. The average Bonchev–Trinajstić information content (AvgIpc) is 3.13. The Morgan fingerprint density at radius 2 is 1.89 bits per heavy atom. The van der Waals surface area contributed by atoms with Crippen LogP contribution >= 0.6 is 0 Å². The summed E-state index contributed by atoms with van der Waals surface area (Å²) in [5, 5.41) is 31.5. The first-order valence-corrected chi connectivity index (χ1v) is 11.0. The molecule has 5 fully saturated rings. The van der Waals surface area contributed by atoms with Gasteiger partial charge in [-0.25, -0.2) is 0 Å². The molecule has 1 spiro atoms. The molecule has 0 radical (unpaired) electrons. The van der Waals surface area contributed by atoms with Gasteiger partial charge in [0.25, 0.3) is 0 Å². The van der Waals surface area contributed by atoms with Crippen molar-refractivity contribution >= 4 is 5.78 Å². The van der Waals surface area contributed by atoms with Gasteiger partial charge < -0.3 is 24.8 Å². The Balaban J connectivity index is 1.59. The number of methoxy groups -OCH3 is 1. The summed E-state index contributed by atoms with van der Waals surface area (Å²) in [7, 11) is 1.67. The number of carbonyl (C=O) groups is 1. The minimum atomic E-state index is -0.956. The van der Waals surface area contributed by atoms with Crippen molar-refractivity contribution in [1.82, 2.24) is 0 Å². The van der Waals surface area contributed by atoms with Gasteiger partial charge in [0, 0.05) is 25.4 Å². The summed E-state index contributed by atoms with van der Waals surface area (Å²) >= 11 is 0. The van der Waals surface area contributed by atoms with E-state index in [1.165, 1.54) is 0 Å². The van der Waals surface area contributed by atoms with Crippen LogP contribution < -0.4 is 0 Å². The van der Waals surface area contributed by atoms with E-state index in [0.29, 0.717) is 19.3 Å². The normalized spacial score (nSPS) is 57.4. The van der Waals surface area contributed by atoms with Crippen LogP contribution in [0.4, 0.5) is 0 Å². The van der Waals surface area contributed by atoms with Gasteiger partial charge in [0.2, 0.25) is 0 Å². The highest BCUT2D eigenvalue weighted by Crippen LogP contribution is 2.75. The minimum Gasteiger partial charge on any atom is -0.393 e. The summed E-state index contributed by atoms with van der Waals surface area (Å²) in [5.41, 5.74) is -1.96. The molecule has 158 valence electrons. The van der Waals surface area contributed by atoms with Crippen LogP contribution in [0.2, 0.25) is 0 Å². The van der Waals surface area contributed by atoms with Crippen LogP contribution in [0.1, 0.15) is 64.7 Å². The fourth-order valence-electron chi connectivity index (χ4n) is 8.85. The summed E-state index contributed by atoms with van der Waals surface area (Å²) in [6.07, 6.45) is 5.79. The number of aliphatic hydroxyl groups is 3. The van der Waals surface area contributed by atoms with Crippen molar-refractivity contribution in [3.8, 4) is 0 Å². The van der Waals surface area contributed by atoms with Crippen LogP contribution in [0.15, 0.2) is 0 Å². The maximum atomic E-state index is 12.5. The predicted octanol–water partition coefficient (Wildman–Crippen LogP) is 1.79. The summed E-state index contributed by atoms with van der Waals surface area (Å²) < 4.78 is 12.7. The van der Waals surface area contributed by atoms with Gasteiger partial charge in [-0.05, 0) is 62.7 Å². The van der Waals surface area contributed by atoms with E-state index in [4.69, 9.17) is 9.47 Å². The lowest BCUT2D eigenvalue weighted by molar-refractivity contribution is -0.239. The largest absolute Gasteiger partial charge is 0.393 e. The van der Waals surface area contributed by atoms with Gasteiger partial charge in [0.15, 0.2) is 12.1 Å². The summed E-state index contributed by atoms with van der Waals surface area (Å²) in [6, 6.07) is 0. The first kappa shape index (κ1) is 19.4. The van der Waals surface area contributed by atoms with Gasteiger partial charge in [0.05, 0.1) is 22.7 Å². The van der Waals surface area contributed by atoms with Crippen molar-refractivity contribution in [1.29, 1.82) is 0 Å². The molecule has 2 bridgehead atoms. The number of aliphatic hydroxyl groups excluding tert-OH is 2. The van der Waals surface area contributed by atoms with Crippen LogP contribution in [-0.2, 0) is 14.3 Å². The molecule has 1 aliphatic heterocycles. The van der Waals surface area contributed by atoms with E-state index < -0.39 is 23.4 Å². The molecule has 1 heterocycles. The Kier molecular flexibility index (Phi) is 4.17. The summed E-state index contributed by atoms with van der Waals surface area (Å²) in [6.45, 7) is 1.84. The second kappa shape index (κ2) is 6.01. The van der Waals surface area contributed by atoms with Gasteiger partial charge in [-0.15, -0.1) is 0 Å². The second-order valence-electron chi connectivity index (χ2n) is 10.5. The van der Waals surface area contributed by atoms with Crippen LogP contribution in [0.5, 0.6) is 0 Å². The topological polar surface area (TPSA) is 96.2 Å². The molecule has 5 rings (SSSR count). The van der Waals surface area contributed by atoms with Crippen molar-refractivity contribution in [3.05, 3.63) is 0 Å². The standard InChI is InChI=1S/C22H34O6/c1-19-7-6-17-21-8-5-13(24)11-20(21,26)9-10-22(17,28-18(21)27-2)16(19)4-3-14(19)15(25)12-23/h13-14,16-18,23-24,26H,3-12H2,1-2H3/t13-,14-,16-,17-,18-,19-,20+,21-,22-/m0/s1. The molecule has 6 heteroatoms. The number of ether oxygens (including phenoxy) is 2. The zero-order valence-electron chi connectivity index (χ0n) is 17.0. The molecule has 0 aromatic carbocycles. The van der Waals surface area contributed by atoms with Gasteiger partial charge in [0.1, 0.15) is 6.61 Å². The zero-order valence-corrected chi connectivity index (χ0v) is 17.0. The molecule has 0 amide bonds. The SMILES string of the molecule is CO[C@H]1O[C@]23CC[C@@]4(O)C[C@@H](O)CC[C@]14[C@@H]2CC[C@@]1(C)[C@H](C(=O)CO)CC[C@@H]13. The molecule has 0 unspecified atom stereocenters. The maximum Gasteiger partial charge on any atom is 0.166 e. The van der Waals surface area contributed by atoms with Crippen molar-refractivity contribution in [3.63, 3.8) is 0 Å². The Bertz CT molecular complexity index is 682. The highest BCUT2D eigenvalue weighted by Gasteiger charge is 2.79. The second-order valence-corrected chi connectivity index (χ2v) is 10.5. The van der Waals surface area contributed by atoms with Crippen molar-refractivity contribution in [2.45, 2.75) is 88.3 Å². The molecule has 4 aliphatic carbocycles. The lowest BCUT2D eigenvalue weighted by atomic mass is 9.42. The molecule has 4 saturated carbocycles. The number of rotatable bonds is 3. The lowest BCUT2D eigenvalue weighted by Gasteiger charge is -2.63. The molecule has 28 heavy (non-hydrogen) atoms.